The van der Waals surface area contributed by atoms with Crippen molar-refractivity contribution < 1.29 is 9.53 Å². The van der Waals surface area contributed by atoms with Gasteiger partial charge >= 0.3 is 0 Å². The van der Waals surface area contributed by atoms with Gasteiger partial charge in [-0.1, -0.05) is 20.8 Å². The third kappa shape index (κ3) is 4.13. The Balaban J connectivity index is 0.000000160. The number of ether oxygens (including phenoxy) is 1. The Bertz CT molecular complexity index is 386. The summed E-state index contributed by atoms with van der Waals surface area (Å²) in [6, 6.07) is 0. The van der Waals surface area contributed by atoms with E-state index in [9.17, 15) is 4.79 Å². The Labute approximate surface area is 137 Å². The largest absolute Gasteiger partial charge is 0.369 e. The van der Waals surface area contributed by atoms with Gasteiger partial charge in [-0.25, -0.2) is 0 Å². The third-order valence-corrected chi connectivity index (χ3v) is 6.27. The minimum Gasteiger partial charge on any atom is -0.369 e. The molecule has 2 saturated heterocycles. The number of fused-ring (bicyclic) bond motifs is 3. The van der Waals surface area contributed by atoms with Crippen LogP contribution < -0.4 is 0 Å². The third-order valence-electron chi connectivity index (χ3n) is 6.27. The van der Waals surface area contributed by atoms with E-state index in [0.717, 1.165) is 18.8 Å². The minimum absolute atomic E-state index is 0.158. The van der Waals surface area contributed by atoms with E-state index < -0.39 is 0 Å². The van der Waals surface area contributed by atoms with Crippen LogP contribution in [0.15, 0.2) is 0 Å². The van der Waals surface area contributed by atoms with E-state index in [1.807, 2.05) is 0 Å². The van der Waals surface area contributed by atoms with Crippen molar-refractivity contribution in [2.45, 2.75) is 97.7 Å². The number of carbonyl (C=O) groups excluding carboxylic acids is 1. The first-order valence-electron chi connectivity index (χ1n) is 9.36. The maximum atomic E-state index is 11.4. The molecule has 4 fully saturated rings. The first-order chi connectivity index (χ1) is 10.1. The summed E-state index contributed by atoms with van der Waals surface area (Å²) < 4.78 is 6.06. The fourth-order valence-electron chi connectivity index (χ4n) is 4.67. The molecule has 2 nitrogen and oxygen atoms in total. The van der Waals surface area contributed by atoms with Crippen LogP contribution in [0.2, 0.25) is 0 Å². The molecule has 2 heteroatoms. The van der Waals surface area contributed by atoms with Gasteiger partial charge in [-0.3, -0.25) is 4.79 Å². The molecule has 0 amide bonds. The lowest BCUT2D eigenvalue weighted by Crippen LogP contribution is -2.53. The van der Waals surface area contributed by atoms with Gasteiger partial charge in [0.25, 0.3) is 0 Å². The Morgan fingerprint density at radius 1 is 1.05 bits per heavy atom. The zero-order valence-corrected chi connectivity index (χ0v) is 15.6. The van der Waals surface area contributed by atoms with Crippen molar-refractivity contribution in [1.82, 2.24) is 0 Å². The zero-order chi connectivity index (χ0) is 16.5. The Morgan fingerprint density at radius 3 is 2.00 bits per heavy atom. The van der Waals surface area contributed by atoms with Crippen LogP contribution in [0.5, 0.6) is 0 Å². The van der Waals surface area contributed by atoms with Crippen LogP contribution >= 0.6 is 0 Å². The number of hydrogen-bond donors (Lipinski definition) is 0. The highest BCUT2D eigenvalue weighted by atomic mass is 16.5. The van der Waals surface area contributed by atoms with Crippen LogP contribution in [0.3, 0.4) is 0 Å². The van der Waals surface area contributed by atoms with Crippen molar-refractivity contribution in [2.24, 2.45) is 23.7 Å². The number of hydrogen-bond acceptors (Lipinski definition) is 2. The van der Waals surface area contributed by atoms with Gasteiger partial charge < -0.3 is 4.74 Å². The molecule has 0 aromatic rings. The van der Waals surface area contributed by atoms with Gasteiger partial charge in [0.05, 0.1) is 11.2 Å². The molecule has 4 rings (SSSR count). The molecule has 2 aliphatic carbocycles. The summed E-state index contributed by atoms with van der Waals surface area (Å²) in [6.45, 7) is 13.2. The summed E-state index contributed by atoms with van der Waals surface area (Å²) in [4.78, 5) is 11.4. The molecule has 4 aliphatic rings. The predicted octanol–water partition coefficient (Wildman–Crippen LogP) is 5.39. The second kappa shape index (κ2) is 6.63. The molecule has 0 aromatic carbocycles. The normalized spacial score (nSPS) is 40.3. The van der Waals surface area contributed by atoms with Crippen LogP contribution in [0.1, 0.15) is 86.5 Å². The molecule has 0 aromatic heterocycles. The molecule has 2 atom stereocenters. The van der Waals surface area contributed by atoms with Gasteiger partial charge in [-0.15, -0.1) is 0 Å². The summed E-state index contributed by atoms with van der Waals surface area (Å²) >= 11 is 0. The predicted molar refractivity (Wildman–Crippen MR) is 91.9 cm³/mol. The molecule has 2 heterocycles. The van der Waals surface area contributed by atoms with Crippen LogP contribution in [0.4, 0.5) is 0 Å². The van der Waals surface area contributed by atoms with Gasteiger partial charge in [-0.05, 0) is 77.0 Å². The van der Waals surface area contributed by atoms with Crippen LogP contribution in [0, 0.1) is 23.7 Å². The maximum absolute atomic E-state index is 11.4. The second-order valence-electron chi connectivity index (χ2n) is 9.13. The minimum atomic E-state index is 0.158. The molecule has 2 saturated carbocycles. The summed E-state index contributed by atoms with van der Waals surface area (Å²) in [5, 5.41) is 0. The molecule has 2 bridgehead atoms. The Kier molecular flexibility index (Phi) is 5.42. The van der Waals surface area contributed by atoms with Gasteiger partial charge in [0.15, 0.2) is 0 Å². The van der Waals surface area contributed by atoms with E-state index in [-0.39, 0.29) is 11.2 Å². The van der Waals surface area contributed by atoms with Crippen molar-refractivity contribution >= 4 is 5.78 Å². The molecule has 0 radical (unpaired) electrons. The Hall–Kier alpha value is -0.370. The van der Waals surface area contributed by atoms with Crippen LogP contribution in [-0.4, -0.2) is 17.0 Å². The lowest BCUT2D eigenvalue weighted by atomic mass is 9.69. The number of Topliss-reactive ketones (excluding diaryl/α,β-unsaturated/α-hetero) is 1. The summed E-state index contributed by atoms with van der Waals surface area (Å²) in [5.74, 6) is 2.88. The van der Waals surface area contributed by atoms with E-state index in [1.54, 1.807) is 0 Å². The quantitative estimate of drug-likeness (QED) is 0.649. The molecule has 0 N–H and O–H groups in total. The van der Waals surface area contributed by atoms with Gasteiger partial charge in [-0.2, -0.15) is 0 Å². The summed E-state index contributed by atoms with van der Waals surface area (Å²) in [6.07, 6.45) is 8.50. The standard InChI is InChI=1S/2C10H18O/c1-9(2)8-4-6-10(3,11-9)7-5-8;1-7(2)9-5-4-8(3)6-10(9)11/h8H,4-7H2,1-3H3;7-9H,4-6H2,1-3H3/t;8-,9+/m.0/s1. The van der Waals surface area contributed by atoms with E-state index in [0.29, 0.717) is 23.5 Å². The zero-order valence-electron chi connectivity index (χ0n) is 15.6. The second-order valence-corrected chi connectivity index (χ2v) is 9.13. The molecular formula is C20H36O2. The fourth-order valence-corrected chi connectivity index (χ4v) is 4.67. The van der Waals surface area contributed by atoms with Gasteiger partial charge in [0, 0.05) is 12.3 Å². The highest BCUT2D eigenvalue weighted by molar-refractivity contribution is 5.82. The van der Waals surface area contributed by atoms with Crippen molar-refractivity contribution in [3.63, 3.8) is 0 Å². The highest BCUT2D eigenvalue weighted by Crippen LogP contribution is 2.49. The number of carbonyl (C=O) groups is 1. The fraction of sp³-hybridized carbons (Fsp3) is 0.950. The maximum Gasteiger partial charge on any atom is 0.136 e. The average Bonchev–Trinajstić information content (AvgIpc) is 2.37. The first kappa shape index (κ1) is 18.0. The lowest BCUT2D eigenvalue weighted by molar-refractivity contribution is -0.229. The summed E-state index contributed by atoms with van der Waals surface area (Å²) in [7, 11) is 0. The average molecular weight is 309 g/mol. The van der Waals surface area contributed by atoms with Gasteiger partial charge in [0.1, 0.15) is 5.78 Å². The van der Waals surface area contributed by atoms with Crippen molar-refractivity contribution in [2.75, 3.05) is 0 Å². The van der Waals surface area contributed by atoms with Crippen molar-refractivity contribution in [3.8, 4) is 0 Å². The first-order valence-corrected chi connectivity index (χ1v) is 9.36. The van der Waals surface area contributed by atoms with Crippen LogP contribution in [0.25, 0.3) is 0 Å². The monoisotopic (exact) mass is 308 g/mol. The smallest absolute Gasteiger partial charge is 0.136 e. The number of rotatable bonds is 1. The van der Waals surface area contributed by atoms with E-state index in [4.69, 9.17) is 4.74 Å². The highest BCUT2D eigenvalue weighted by Gasteiger charge is 2.48. The molecule has 2 aliphatic heterocycles. The molecule has 22 heavy (non-hydrogen) atoms. The summed E-state index contributed by atoms with van der Waals surface area (Å²) in [5.41, 5.74) is 0.378. The molecule has 0 spiro atoms. The van der Waals surface area contributed by atoms with Crippen molar-refractivity contribution in [1.29, 1.82) is 0 Å². The molecular weight excluding hydrogens is 272 g/mol. The van der Waals surface area contributed by atoms with E-state index >= 15 is 0 Å². The van der Waals surface area contributed by atoms with E-state index in [1.165, 1.54) is 32.1 Å². The molecule has 0 unspecified atom stereocenters. The molecule has 128 valence electrons. The topological polar surface area (TPSA) is 26.3 Å². The van der Waals surface area contributed by atoms with Crippen molar-refractivity contribution in [3.05, 3.63) is 0 Å². The number of ketones is 1. The lowest BCUT2D eigenvalue weighted by Gasteiger charge is -2.54. The SMILES string of the molecule is CC(C)[C@H]1CC[C@H](C)CC1=O.CC12CCC(CC1)C(C)(C)O2. The van der Waals surface area contributed by atoms with E-state index in [2.05, 4.69) is 41.5 Å². The van der Waals surface area contributed by atoms with Crippen LogP contribution in [-0.2, 0) is 9.53 Å². The Morgan fingerprint density at radius 2 is 1.64 bits per heavy atom. The van der Waals surface area contributed by atoms with Gasteiger partial charge in [0.2, 0.25) is 0 Å².